The Balaban J connectivity index is 0.00000243. The molecule has 0 saturated carbocycles. The van der Waals surface area contributed by atoms with Gasteiger partial charge in [-0.3, -0.25) is 14.4 Å². The Labute approximate surface area is 171 Å². The van der Waals surface area contributed by atoms with Crippen molar-refractivity contribution in [3.05, 3.63) is 35.9 Å². The van der Waals surface area contributed by atoms with Gasteiger partial charge in [0.1, 0.15) is 6.10 Å². The van der Waals surface area contributed by atoms with Gasteiger partial charge in [-0.05, 0) is 18.9 Å². The highest BCUT2D eigenvalue weighted by Gasteiger charge is 2.25. The number of aryl methyl sites for hydroxylation is 2. The van der Waals surface area contributed by atoms with E-state index in [1.165, 1.54) is 5.56 Å². The fourth-order valence-electron chi connectivity index (χ4n) is 2.97. The molecule has 0 bridgehead atoms. The van der Waals surface area contributed by atoms with E-state index in [9.17, 15) is 0 Å². The van der Waals surface area contributed by atoms with E-state index in [1.807, 2.05) is 48.2 Å². The Hall–Kier alpha value is -1.62. The lowest BCUT2D eigenvalue weighted by atomic mass is 10.1. The molecule has 0 aromatic carbocycles. The van der Waals surface area contributed by atoms with Crippen LogP contribution in [-0.4, -0.2) is 63.2 Å². The molecule has 9 heteroatoms. The average molecular weight is 473 g/mol. The second-order valence-corrected chi connectivity index (χ2v) is 6.26. The Morgan fingerprint density at radius 3 is 2.69 bits per heavy atom. The Kier molecular flexibility index (Phi) is 7.88. The second-order valence-electron chi connectivity index (χ2n) is 6.26. The van der Waals surface area contributed by atoms with Crippen molar-refractivity contribution in [3.63, 3.8) is 0 Å². The normalized spacial score (nSPS) is 17.9. The van der Waals surface area contributed by atoms with Gasteiger partial charge in [0, 0.05) is 51.7 Å². The zero-order valence-corrected chi connectivity index (χ0v) is 18.0. The van der Waals surface area contributed by atoms with Gasteiger partial charge in [0.25, 0.3) is 0 Å². The molecule has 0 radical (unpaired) electrons. The fourth-order valence-corrected chi connectivity index (χ4v) is 2.97. The predicted molar refractivity (Wildman–Crippen MR) is 112 cm³/mol. The number of rotatable bonds is 5. The molecule has 1 atom stereocenters. The number of nitrogens with zero attached hydrogens (tertiary/aromatic N) is 6. The molecule has 0 spiro atoms. The molecule has 3 heterocycles. The van der Waals surface area contributed by atoms with Gasteiger partial charge < -0.3 is 15.0 Å². The van der Waals surface area contributed by atoms with Crippen molar-refractivity contribution in [2.24, 2.45) is 19.1 Å². The summed E-state index contributed by atoms with van der Waals surface area (Å²) in [5.41, 5.74) is 2.32. The van der Waals surface area contributed by atoms with Crippen LogP contribution < -0.4 is 5.32 Å². The first kappa shape index (κ1) is 20.7. The number of nitrogens with one attached hydrogen (secondary N) is 1. The second kappa shape index (κ2) is 9.91. The van der Waals surface area contributed by atoms with Crippen LogP contribution in [0, 0.1) is 0 Å². The predicted octanol–water partition coefficient (Wildman–Crippen LogP) is 1.35. The summed E-state index contributed by atoms with van der Waals surface area (Å²) in [4.78, 5) is 7.06. The minimum Gasteiger partial charge on any atom is -0.370 e. The molecule has 1 aliphatic heterocycles. The lowest BCUT2D eigenvalue weighted by Crippen LogP contribution is -2.48. The van der Waals surface area contributed by atoms with Crippen LogP contribution in [0.3, 0.4) is 0 Å². The quantitative estimate of drug-likeness (QED) is 0.404. The molecule has 144 valence electrons. The van der Waals surface area contributed by atoms with Gasteiger partial charge in [-0.25, -0.2) is 0 Å². The van der Waals surface area contributed by atoms with Gasteiger partial charge >= 0.3 is 0 Å². The summed E-state index contributed by atoms with van der Waals surface area (Å²) in [6.45, 7) is 5.99. The van der Waals surface area contributed by atoms with Crippen LogP contribution in [0.25, 0.3) is 0 Å². The van der Waals surface area contributed by atoms with Crippen LogP contribution in [0.15, 0.2) is 29.8 Å². The number of hydrogen-bond acceptors (Lipinski definition) is 4. The van der Waals surface area contributed by atoms with Crippen molar-refractivity contribution in [1.29, 1.82) is 0 Å². The molecular weight excluding hydrogens is 445 g/mol. The van der Waals surface area contributed by atoms with E-state index in [0.717, 1.165) is 44.1 Å². The third-order valence-electron chi connectivity index (χ3n) is 4.22. The Morgan fingerprint density at radius 2 is 2.04 bits per heavy atom. The zero-order chi connectivity index (χ0) is 17.6. The number of ether oxygens (including phenoxy) is 1. The molecule has 1 unspecified atom stereocenters. The van der Waals surface area contributed by atoms with Gasteiger partial charge in [-0.15, -0.1) is 24.0 Å². The van der Waals surface area contributed by atoms with Gasteiger partial charge in [-0.1, -0.05) is 0 Å². The molecule has 8 nitrogen and oxygen atoms in total. The van der Waals surface area contributed by atoms with E-state index in [4.69, 9.17) is 9.73 Å². The van der Waals surface area contributed by atoms with Gasteiger partial charge in [-0.2, -0.15) is 10.2 Å². The van der Waals surface area contributed by atoms with Crippen molar-refractivity contribution in [2.45, 2.75) is 19.4 Å². The van der Waals surface area contributed by atoms with Crippen LogP contribution in [0.1, 0.15) is 24.2 Å². The number of guanidine groups is 1. The summed E-state index contributed by atoms with van der Waals surface area (Å²) in [7, 11) is 3.86. The molecule has 1 aliphatic rings. The smallest absolute Gasteiger partial charge is 0.194 e. The highest BCUT2D eigenvalue weighted by Crippen LogP contribution is 2.21. The first-order valence-corrected chi connectivity index (χ1v) is 8.76. The number of aliphatic imine (C=N–C) groups is 1. The molecule has 1 fully saturated rings. The SMILES string of the molecule is CCNC(=NCCc1cnn(C)c1)N1CCOC(c2cnn(C)c2)C1.I. The third kappa shape index (κ3) is 5.44. The first-order chi connectivity index (χ1) is 12.2. The Bertz CT molecular complexity index is 712. The standard InChI is InChI=1S/C17H27N7O.HI/c1-4-18-17(19-6-5-14-9-20-22(2)11-14)24-7-8-25-16(13-24)15-10-21-23(3)12-15;/h9-12,16H,4-8,13H2,1-3H3,(H,18,19);1H. The largest absolute Gasteiger partial charge is 0.370 e. The molecule has 0 aliphatic carbocycles. The van der Waals surface area contributed by atoms with E-state index in [-0.39, 0.29) is 30.1 Å². The molecular formula is C17H28IN7O. The van der Waals surface area contributed by atoms with Crippen molar-refractivity contribution in [1.82, 2.24) is 29.8 Å². The van der Waals surface area contributed by atoms with Crippen molar-refractivity contribution in [2.75, 3.05) is 32.8 Å². The summed E-state index contributed by atoms with van der Waals surface area (Å²) in [5, 5.41) is 11.9. The number of halogens is 1. The van der Waals surface area contributed by atoms with Crippen molar-refractivity contribution >= 4 is 29.9 Å². The highest BCUT2D eigenvalue weighted by atomic mass is 127. The minimum absolute atomic E-state index is 0. The maximum absolute atomic E-state index is 5.92. The van der Waals surface area contributed by atoms with Gasteiger partial charge in [0.2, 0.25) is 0 Å². The van der Waals surface area contributed by atoms with E-state index in [2.05, 4.69) is 27.3 Å². The average Bonchev–Trinajstić information content (AvgIpc) is 3.23. The molecule has 26 heavy (non-hydrogen) atoms. The van der Waals surface area contributed by atoms with Crippen molar-refractivity contribution in [3.8, 4) is 0 Å². The molecule has 0 amide bonds. The monoisotopic (exact) mass is 473 g/mol. The number of morpholine rings is 1. The summed E-state index contributed by atoms with van der Waals surface area (Å²) in [5.74, 6) is 0.948. The van der Waals surface area contributed by atoms with Crippen LogP contribution in [0.4, 0.5) is 0 Å². The summed E-state index contributed by atoms with van der Waals surface area (Å²) < 4.78 is 9.56. The zero-order valence-electron chi connectivity index (χ0n) is 15.6. The van der Waals surface area contributed by atoms with Crippen LogP contribution in [0.2, 0.25) is 0 Å². The number of aromatic nitrogens is 4. The molecule has 2 aromatic rings. The minimum atomic E-state index is 0. The summed E-state index contributed by atoms with van der Waals surface area (Å²) in [6.07, 6.45) is 8.75. The Morgan fingerprint density at radius 1 is 1.27 bits per heavy atom. The van der Waals surface area contributed by atoms with E-state index >= 15 is 0 Å². The highest BCUT2D eigenvalue weighted by molar-refractivity contribution is 14.0. The molecule has 3 rings (SSSR count). The molecule has 1 saturated heterocycles. The lowest BCUT2D eigenvalue weighted by Gasteiger charge is -2.34. The van der Waals surface area contributed by atoms with Crippen molar-refractivity contribution < 1.29 is 4.74 Å². The van der Waals surface area contributed by atoms with Crippen LogP contribution >= 0.6 is 24.0 Å². The topological polar surface area (TPSA) is 72.5 Å². The number of hydrogen-bond donors (Lipinski definition) is 1. The molecule has 2 aromatic heterocycles. The van der Waals surface area contributed by atoms with Gasteiger partial charge in [0.05, 0.1) is 25.5 Å². The summed E-state index contributed by atoms with van der Waals surface area (Å²) >= 11 is 0. The van der Waals surface area contributed by atoms with Crippen LogP contribution in [0.5, 0.6) is 0 Å². The van der Waals surface area contributed by atoms with Crippen LogP contribution in [-0.2, 0) is 25.3 Å². The summed E-state index contributed by atoms with van der Waals surface area (Å²) in [6, 6.07) is 0. The van der Waals surface area contributed by atoms with E-state index in [0.29, 0.717) is 6.61 Å². The van der Waals surface area contributed by atoms with E-state index < -0.39 is 0 Å². The maximum Gasteiger partial charge on any atom is 0.194 e. The maximum atomic E-state index is 5.92. The third-order valence-corrected chi connectivity index (χ3v) is 4.22. The first-order valence-electron chi connectivity index (χ1n) is 8.76. The fraction of sp³-hybridized carbons (Fsp3) is 0.588. The van der Waals surface area contributed by atoms with Gasteiger partial charge in [0.15, 0.2) is 5.96 Å². The lowest BCUT2D eigenvalue weighted by molar-refractivity contribution is -0.00803. The van der Waals surface area contributed by atoms with E-state index in [1.54, 1.807) is 0 Å². The molecule has 1 N–H and O–H groups in total.